The lowest BCUT2D eigenvalue weighted by atomic mass is 10.2. The van der Waals surface area contributed by atoms with Gasteiger partial charge in [0.15, 0.2) is 0 Å². The van der Waals surface area contributed by atoms with Gasteiger partial charge in [-0.2, -0.15) is 4.98 Å². The number of carboxylic acid groups (broad SMARTS) is 1. The molecule has 3 aromatic rings. The van der Waals surface area contributed by atoms with Gasteiger partial charge in [0, 0.05) is 9.37 Å². The molecule has 0 amide bonds. The highest BCUT2D eigenvalue weighted by atomic mass is 79.9. The summed E-state index contributed by atoms with van der Waals surface area (Å²) in [6, 6.07) is 4.98. The number of aromatic nitrogens is 3. The van der Waals surface area contributed by atoms with Crippen molar-refractivity contribution in [1.29, 1.82) is 0 Å². The van der Waals surface area contributed by atoms with Gasteiger partial charge in [0.2, 0.25) is 0 Å². The van der Waals surface area contributed by atoms with Gasteiger partial charge in [-0.15, -0.1) is 0 Å². The Hall–Kier alpha value is -1.93. The summed E-state index contributed by atoms with van der Waals surface area (Å²) in [5, 5.41) is 14.4. The van der Waals surface area contributed by atoms with E-state index in [9.17, 15) is 9.90 Å². The number of carboxylic acids is 1. The van der Waals surface area contributed by atoms with E-state index in [0.717, 1.165) is 4.47 Å². The Morgan fingerprint density at radius 2 is 2.19 bits per heavy atom. The summed E-state index contributed by atoms with van der Waals surface area (Å²) in [5.74, 6) is -0.989. The van der Waals surface area contributed by atoms with E-state index < -0.39 is 5.97 Å². The van der Waals surface area contributed by atoms with Crippen molar-refractivity contribution < 1.29 is 14.4 Å². The molecule has 0 atom stereocenters. The number of hydrogen-bond donors (Lipinski definition) is 1. The van der Waals surface area contributed by atoms with Crippen molar-refractivity contribution in [2.45, 2.75) is 16.8 Å². The molecular weight excluding hydrogens is 358 g/mol. The van der Waals surface area contributed by atoms with E-state index in [1.54, 1.807) is 25.1 Å². The maximum absolute atomic E-state index is 11.3. The molecule has 2 heterocycles. The number of nitrogens with zero attached hydrogens (tertiary/aromatic N) is 3. The molecule has 0 saturated heterocycles. The lowest BCUT2D eigenvalue weighted by Crippen LogP contribution is -1.99. The molecule has 0 aliphatic heterocycles. The summed E-state index contributed by atoms with van der Waals surface area (Å²) >= 11 is 4.59. The molecule has 21 heavy (non-hydrogen) atoms. The van der Waals surface area contributed by atoms with Crippen LogP contribution in [0.5, 0.6) is 0 Å². The van der Waals surface area contributed by atoms with Crippen LogP contribution in [-0.4, -0.2) is 26.2 Å². The minimum atomic E-state index is -0.989. The summed E-state index contributed by atoms with van der Waals surface area (Å²) in [7, 11) is 0. The molecule has 1 aromatic carbocycles. The van der Waals surface area contributed by atoms with E-state index in [0.29, 0.717) is 26.7 Å². The fourth-order valence-corrected chi connectivity index (χ4v) is 3.44. The zero-order chi connectivity index (χ0) is 15.0. The Kier molecular flexibility index (Phi) is 3.64. The molecule has 0 spiro atoms. The van der Waals surface area contributed by atoms with Crippen LogP contribution >= 0.6 is 27.7 Å². The Labute approximate surface area is 131 Å². The average molecular weight is 366 g/mol. The van der Waals surface area contributed by atoms with Crippen LogP contribution in [0.2, 0.25) is 0 Å². The molecule has 106 valence electrons. The first-order valence-electron chi connectivity index (χ1n) is 5.84. The first-order valence-corrected chi connectivity index (χ1v) is 7.45. The van der Waals surface area contributed by atoms with Gasteiger partial charge in [-0.25, -0.2) is 9.78 Å². The fourth-order valence-electron chi connectivity index (χ4n) is 1.83. The summed E-state index contributed by atoms with van der Waals surface area (Å²) in [6.45, 7) is 1.79. The van der Waals surface area contributed by atoms with Gasteiger partial charge < -0.3 is 9.63 Å². The number of carbonyl (C=O) groups is 1. The largest absolute Gasteiger partial charge is 0.478 e. The normalized spacial score (nSPS) is 11.0. The lowest BCUT2D eigenvalue weighted by Gasteiger charge is -2.06. The van der Waals surface area contributed by atoms with Crippen LogP contribution in [0.3, 0.4) is 0 Å². The predicted octanol–water partition coefficient (Wildman–Crippen LogP) is 3.54. The minimum absolute atomic E-state index is 0.212. The number of aromatic carboxylic acids is 1. The van der Waals surface area contributed by atoms with E-state index in [2.05, 4.69) is 31.1 Å². The van der Waals surface area contributed by atoms with Crippen molar-refractivity contribution in [2.75, 3.05) is 0 Å². The van der Waals surface area contributed by atoms with Crippen molar-refractivity contribution in [3.63, 3.8) is 0 Å². The molecule has 8 heteroatoms. The molecule has 0 bridgehead atoms. The second-order valence-electron chi connectivity index (χ2n) is 4.17. The molecular formula is C13H8BrN3O3S. The molecule has 0 aliphatic carbocycles. The number of rotatable bonds is 3. The van der Waals surface area contributed by atoms with Crippen LogP contribution in [0.1, 0.15) is 16.1 Å². The van der Waals surface area contributed by atoms with E-state index in [4.69, 9.17) is 4.52 Å². The smallest absolute Gasteiger partial charge is 0.336 e. The third kappa shape index (κ3) is 2.64. The monoisotopic (exact) mass is 365 g/mol. The van der Waals surface area contributed by atoms with E-state index in [1.165, 1.54) is 18.1 Å². The van der Waals surface area contributed by atoms with Gasteiger partial charge in [-0.1, -0.05) is 32.8 Å². The molecule has 1 N–H and O–H groups in total. The summed E-state index contributed by atoms with van der Waals surface area (Å²) in [4.78, 5) is 20.1. The standard InChI is InChI=1S/C13H8BrN3O3S/c1-6-10-11(20-17-6)15-5-16-12(10)21-9-4-7(14)2-3-8(9)13(18)19/h2-5H,1H3,(H,18,19). The van der Waals surface area contributed by atoms with Crippen LogP contribution < -0.4 is 0 Å². The molecule has 0 aliphatic rings. The quantitative estimate of drug-likeness (QED) is 0.709. The highest BCUT2D eigenvalue weighted by Crippen LogP contribution is 2.35. The van der Waals surface area contributed by atoms with Crippen LogP contribution in [0.15, 0.2) is 43.4 Å². The Balaban J connectivity index is 2.13. The third-order valence-corrected chi connectivity index (χ3v) is 4.34. The maximum Gasteiger partial charge on any atom is 0.336 e. The van der Waals surface area contributed by atoms with Gasteiger partial charge in [0.25, 0.3) is 5.71 Å². The Morgan fingerprint density at radius 1 is 1.38 bits per heavy atom. The number of hydrogen-bond acceptors (Lipinski definition) is 6. The number of halogens is 1. The fraction of sp³-hybridized carbons (Fsp3) is 0.0769. The van der Waals surface area contributed by atoms with Crippen LogP contribution in [0.25, 0.3) is 11.1 Å². The van der Waals surface area contributed by atoms with Gasteiger partial charge in [0.1, 0.15) is 11.4 Å². The van der Waals surface area contributed by atoms with E-state index in [1.807, 2.05) is 0 Å². The Bertz CT molecular complexity index is 850. The van der Waals surface area contributed by atoms with Crippen LogP contribution in [-0.2, 0) is 0 Å². The highest BCUT2D eigenvalue weighted by molar-refractivity contribution is 9.10. The first-order chi connectivity index (χ1) is 10.1. The SMILES string of the molecule is Cc1noc2ncnc(Sc3cc(Br)ccc3C(=O)O)c12. The summed E-state index contributed by atoms with van der Waals surface area (Å²) in [5.41, 5.74) is 1.26. The van der Waals surface area contributed by atoms with E-state index >= 15 is 0 Å². The topological polar surface area (TPSA) is 89.1 Å². The van der Waals surface area contributed by atoms with Crippen molar-refractivity contribution >= 4 is 44.8 Å². The average Bonchev–Trinajstić information content (AvgIpc) is 2.81. The molecule has 3 rings (SSSR count). The predicted molar refractivity (Wildman–Crippen MR) is 79.6 cm³/mol. The van der Waals surface area contributed by atoms with Crippen molar-refractivity contribution in [2.24, 2.45) is 0 Å². The molecule has 2 aromatic heterocycles. The molecule has 0 saturated carbocycles. The van der Waals surface area contributed by atoms with Crippen molar-refractivity contribution in [3.8, 4) is 0 Å². The second kappa shape index (κ2) is 5.45. The zero-order valence-corrected chi connectivity index (χ0v) is 13.1. The lowest BCUT2D eigenvalue weighted by molar-refractivity contribution is 0.0693. The molecule has 0 fully saturated rings. The van der Waals surface area contributed by atoms with E-state index in [-0.39, 0.29) is 5.56 Å². The van der Waals surface area contributed by atoms with Gasteiger partial charge in [-0.3, -0.25) is 0 Å². The van der Waals surface area contributed by atoms with Gasteiger partial charge in [0.05, 0.1) is 16.6 Å². The van der Waals surface area contributed by atoms with Crippen LogP contribution in [0, 0.1) is 6.92 Å². The van der Waals surface area contributed by atoms with Gasteiger partial charge in [-0.05, 0) is 25.1 Å². The first kappa shape index (κ1) is 14.0. The van der Waals surface area contributed by atoms with Gasteiger partial charge >= 0.3 is 5.97 Å². The maximum atomic E-state index is 11.3. The second-order valence-corrected chi connectivity index (χ2v) is 6.12. The number of benzene rings is 1. The summed E-state index contributed by atoms with van der Waals surface area (Å²) in [6.07, 6.45) is 1.37. The zero-order valence-electron chi connectivity index (χ0n) is 10.7. The highest BCUT2D eigenvalue weighted by Gasteiger charge is 2.17. The molecule has 0 radical (unpaired) electrons. The van der Waals surface area contributed by atoms with Crippen LogP contribution in [0.4, 0.5) is 0 Å². The summed E-state index contributed by atoms with van der Waals surface area (Å²) < 4.78 is 5.88. The number of fused-ring (bicyclic) bond motifs is 1. The molecule has 0 unspecified atom stereocenters. The molecule has 6 nitrogen and oxygen atoms in total. The number of aryl methyl sites for hydroxylation is 1. The van der Waals surface area contributed by atoms with Crippen molar-refractivity contribution in [3.05, 3.63) is 40.3 Å². The van der Waals surface area contributed by atoms with Crippen molar-refractivity contribution in [1.82, 2.24) is 15.1 Å². The minimum Gasteiger partial charge on any atom is -0.478 e. The Morgan fingerprint density at radius 3 is 2.95 bits per heavy atom. The third-order valence-electron chi connectivity index (χ3n) is 2.79.